The topological polar surface area (TPSA) is 102 Å². The van der Waals surface area contributed by atoms with Crippen LogP contribution in [0.3, 0.4) is 0 Å². The largest absolute Gasteiger partial charge is 0.368 e. The molecule has 1 atom stereocenters. The summed E-state index contributed by atoms with van der Waals surface area (Å²) in [6.45, 7) is 5.24. The van der Waals surface area contributed by atoms with Crippen LogP contribution in [-0.4, -0.2) is 28.6 Å². The van der Waals surface area contributed by atoms with Gasteiger partial charge in [0.2, 0.25) is 5.91 Å². The van der Waals surface area contributed by atoms with Crippen LogP contribution in [-0.2, 0) is 4.79 Å². The fourth-order valence-electron chi connectivity index (χ4n) is 1.49. The van der Waals surface area contributed by atoms with Crippen LogP contribution >= 0.6 is 11.3 Å². The molecule has 1 rings (SSSR count). The van der Waals surface area contributed by atoms with Crippen LogP contribution in [0.25, 0.3) is 0 Å². The lowest BCUT2D eigenvalue weighted by Crippen LogP contribution is -2.45. The number of Topliss-reactive ketones (excluding diaryl/α,β-unsaturated/α-hetero) is 1. The second-order valence-corrected chi connectivity index (χ2v) is 5.51. The third kappa shape index (κ3) is 4.44. The van der Waals surface area contributed by atoms with Gasteiger partial charge in [0.25, 0.3) is 5.91 Å². The van der Waals surface area contributed by atoms with Gasteiger partial charge in [0, 0.05) is 12.3 Å². The maximum absolute atomic E-state index is 11.9. The highest BCUT2D eigenvalue weighted by Crippen LogP contribution is 2.11. The van der Waals surface area contributed by atoms with Crippen molar-refractivity contribution in [2.45, 2.75) is 33.2 Å². The van der Waals surface area contributed by atoms with E-state index in [1.165, 1.54) is 12.3 Å². The van der Waals surface area contributed by atoms with Crippen LogP contribution in [0.4, 0.5) is 0 Å². The van der Waals surface area contributed by atoms with Crippen molar-refractivity contribution >= 4 is 28.9 Å². The van der Waals surface area contributed by atoms with Crippen molar-refractivity contribution in [3.8, 4) is 0 Å². The molecule has 0 aliphatic carbocycles. The monoisotopic (exact) mass is 283 g/mol. The van der Waals surface area contributed by atoms with Crippen LogP contribution in [0.15, 0.2) is 5.38 Å². The Hall–Kier alpha value is -1.76. The number of nitrogens with one attached hydrogen (secondary N) is 1. The number of rotatable bonds is 6. The fraction of sp³-hybridized carbons (Fsp3) is 0.500. The van der Waals surface area contributed by atoms with E-state index in [1.54, 1.807) is 0 Å². The molecule has 0 aliphatic rings. The summed E-state index contributed by atoms with van der Waals surface area (Å²) < 4.78 is 0. The molecule has 0 radical (unpaired) electrons. The maximum Gasteiger partial charge on any atom is 0.271 e. The number of ketones is 1. The van der Waals surface area contributed by atoms with E-state index in [0.717, 1.165) is 11.3 Å². The first-order valence-electron chi connectivity index (χ1n) is 5.88. The summed E-state index contributed by atoms with van der Waals surface area (Å²) in [5.41, 5.74) is 5.37. The first kappa shape index (κ1) is 15.3. The quantitative estimate of drug-likeness (QED) is 0.759. The molecule has 0 spiro atoms. The Kier molecular flexibility index (Phi) is 5.17. The molecule has 2 amide bonds. The number of carbonyl (C=O) groups is 3. The molecule has 1 aromatic heterocycles. The van der Waals surface area contributed by atoms with Crippen molar-refractivity contribution in [1.29, 1.82) is 0 Å². The fourth-order valence-corrected chi connectivity index (χ4v) is 2.19. The highest BCUT2D eigenvalue weighted by Gasteiger charge is 2.21. The van der Waals surface area contributed by atoms with Crippen LogP contribution in [0.2, 0.25) is 0 Å². The van der Waals surface area contributed by atoms with Crippen molar-refractivity contribution in [3.05, 3.63) is 16.1 Å². The van der Waals surface area contributed by atoms with Crippen molar-refractivity contribution in [3.63, 3.8) is 0 Å². The molecule has 7 heteroatoms. The third-order valence-electron chi connectivity index (χ3n) is 2.39. The van der Waals surface area contributed by atoms with Crippen molar-refractivity contribution in [2.75, 3.05) is 0 Å². The summed E-state index contributed by atoms with van der Waals surface area (Å²) in [6.07, 6.45) is 0.463. The Labute approximate surface area is 115 Å². The van der Waals surface area contributed by atoms with Crippen molar-refractivity contribution < 1.29 is 14.4 Å². The molecule has 19 heavy (non-hydrogen) atoms. The third-order valence-corrected chi connectivity index (χ3v) is 3.34. The van der Waals surface area contributed by atoms with E-state index in [1.807, 2.05) is 13.8 Å². The van der Waals surface area contributed by atoms with Gasteiger partial charge in [0.15, 0.2) is 10.8 Å². The summed E-state index contributed by atoms with van der Waals surface area (Å²) in [7, 11) is 0. The molecule has 1 unspecified atom stereocenters. The number of nitrogens with zero attached hydrogens (tertiary/aromatic N) is 1. The molecule has 0 aromatic carbocycles. The molecular formula is C12H17N3O3S. The van der Waals surface area contributed by atoms with Gasteiger partial charge < -0.3 is 11.1 Å². The zero-order valence-electron chi connectivity index (χ0n) is 11.1. The van der Waals surface area contributed by atoms with E-state index in [4.69, 9.17) is 5.73 Å². The van der Waals surface area contributed by atoms with Gasteiger partial charge in [-0.05, 0) is 12.3 Å². The lowest BCUT2D eigenvalue weighted by molar-refractivity contribution is -0.120. The lowest BCUT2D eigenvalue weighted by Gasteiger charge is -2.16. The van der Waals surface area contributed by atoms with Crippen molar-refractivity contribution in [2.24, 2.45) is 11.7 Å². The van der Waals surface area contributed by atoms with Gasteiger partial charge in [0.1, 0.15) is 11.7 Å². The zero-order valence-corrected chi connectivity index (χ0v) is 11.9. The Morgan fingerprint density at radius 1 is 1.42 bits per heavy atom. The van der Waals surface area contributed by atoms with E-state index in [-0.39, 0.29) is 22.4 Å². The molecule has 1 heterocycles. The van der Waals surface area contributed by atoms with Gasteiger partial charge in [-0.2, -0.15) is 0 Å². The number of nitrogens with two attached hydrogens (primary N) is 1. The van der Waals surface area contributed by atoms with Crippen LogP contribution in [0, 0.1) is 5.92 Å². The number of aromatic nitrogens is 1. The number of hydrogen-bond donors (Lipinski definition) is 2. The maximum atomic E-state index is 11.9. The number of primary amides is 1. The molecule has 0 fully saturated rings. The molecule has 104 valence electrons. The molecule has 0 saturated heterocycles. The Morgan fingerprint density at radius 2 is 2.05 bits per heavy atom. The molecule has 6 nitrogen and oxygen atoms in total. The molecule has 3 N–H and O–H groups in total. The van der Waals surface area contributed by atoms with Crippen LogP contribution in [0.1, 0.15) is 47.5 Å². The average Bonchev–Trinajstić information content (AvgIpc) is 2.76. The predicted molar refractivity (Wildman–Crippen MR) is 72.0 cm³/mol. The summed E-state index contributed by atoms with van der Waals surface area (Å²) in [4.78, 5) is 38.1. The summed E-state index contributed by atoms with van der Waals surface area (Å²) in [6, 6.07) is -0.727. The highest BCUT2D eigenvalue weighted by atomic mass is 32.1. The zero-order chi connectivity index (χ0) is 14.6. The predicted octanol–water partition coefficient (Wildman–Crippen LogP) is 0.975. The van der Waals surface area contributed by atoms with Crippen LogP contribution < -0.4 is 11.1 Å². The number of thiazole rings is 1. The number of amides is 2. The highest BCUT2D eigenvalue weighted by molar-refractivity contribution is 7.11. The summed E-state index contributed by atoms with van der Waals surface area (Å²) >= 11 is 1.10. The first-order chi connectivity index (χ1) is 8.81. The molecule has 0 bridgehead atoms. The second-order valence-electron chi connectivity index (χ2n) is 4.65. The van der Waals surface area contributed by atoms with Crippen LogP contribution in [0.5, 0.6) is 0 Å². The van der Waals surface area contributed by atoms with Gasteiger partial charge in [-0.1, -0.05) is 13.8 Å². The molecule has 1 aromatic rings. The molecular weight excluding hydrogens is 266 g/mol. The van der Waals surface area contributed by atoms with E-state index in [9.17, 15) is 14.4 Å². The standard InChI is InChI=1S/C12H17N3O3S/c1-6(2)4-8(10(13)17)14-11(18)9-5-19-12(15-9)7(3)16/h5-6,8H,4H2,1-3H3,(H2,13,17)(H,14,18). The summed E-state index contributed by atoms with van der Waals surface area (Å²) in [5.74, 6) is -1.05. The van der Waals surface area contributed by atoms with E-state index in [0.29, 0.717) is 6.42 Å². The van der Waals surface area contributed by atoms with E-state index >= 15 is 0 Å². The minimum absolute atomic E-state index is 0.130. The lowest BCUT2D eigenvalue weighted by atomic mass is 10.0. The van der Waals surface area contributed by atoms with Gasteiger partial charge in [-0.15, -0.1) is 11.3 Å². The van der Waals surface area contributed by atoms with Gasteiger partial charge >= 0.3 is 0 Å². The smallest absolute Gasteiger partial charge is 0.271 e. The number of carbonyl (C=O) groups excluding carboxylic acids is 3. The Balaban J connectivity index is 2.75. The normalized spacial score (nSPS) is 12.2. The van der Waals surface area contributed by atoms with Gasteiger partial charge in [0.05, 0.1) is 0 Å². The minimum atomic E-state index is -0.727. The van der Waals surface area contributed by atoms with Gasteiger partial charge in [-0.25, -0.2) is 4.98 Å². The van der Waals surface area contributed by atoms with E-state index < -0.39 is 17.9 Å². The summed E-state index contributed by atoms with van der Waals surface area (Å²) in [5, 5.41) is 4.29. The SMILES string of the molecule is CC(=O)c1nc(C(=O)NC(CC(C)C)C(N)=O)cs1. The van der Waals surface area contributed by atoms with Gasteiger partial charge in [-0.3, -0.25) is 14.4 Å². The molecule has 0 aliphatic heterocycles. The second kappa shape index (κ2) is 6.42. The first-order valence-corrected chi connectivity index (χ1v) is 6.75. The average molecular weight is 283 g/mol. The van der Waals surface area contributed by atoms with Crippen molar-refractivity contribution in [1.82, 2.24) is 10.3 Å². The molecule has 0 saturated carbocycles. The van der Waals surface area contributed by atoms with E-state index in [2.05, 4.69) is 10.3 Å². The number of hydrogen-bond acceptors (Lipinski definition) is 5. The minimum Gasteiger partial charge on any atom is -0.368 e. The Bertz CT molecular complexity index is 496. The Morgan fingerprint density at radius 3 is 2.47 bits per heavy atom.